The van der Waals surface area contributed by atoms with Crippen molar-refractivity contribution in [1.29, 1.82) is 0 Å². The van der Waals surface area contributed by atoms with Crippen LogP contribution in [-0.2, 0) is 4.79 Å². The number of rotatable bonds is 5. The smallest absolute Gasteiger partial charge is 0.257 e. The quantitative estimate of drug-likeness (QED) is 0.831. The number of aryl methyl sites for hydroxylation is 1. The lowest BCUT2D eigenvalue weighted by Crippen LogP contribution is -2.50. The molecule has 1 N–H and O–H groups in total. The number of amides is 2. The van der Waals surface area contributed by atoms with Crippen LogP contribution in [-0.4, -0.2) is 78.6 Å². The van der Waals surface area contributed by atoms with Gasteiger partial charge in [0.25, 0.3) is 5.91 Å². The first-order valence-electron chi connectivity index (χ1n) is 8.81. The topological polar surface area (TPSA) is 94.8 Å². The minimum atomic E-state index is -0.148. The van der Waals surface area contributed by atoms with Crippen LogP contribution >= 0.6 is 0 Å². The number of aromatic nitrogens is 2. The minimum Gasteiger partial charge on any atom is -0.362 e. The van der Waals surface area contributed by atoms with Gasteiger partial charge in [-0.2, -0.15) is 0 Å². The summed E-state index contributed by atoms with van der Waals surface area (Å²) >= 11 is 0. The molecule has 0 aliphatic carbocycles. The van der Waals surface area contributed by atoms with Crippen LogP contribution in [0, 0.1) is 6.92 Å². The van der Waals surface area contributed by atoms with Crippen LogP contribution in [0.25, 0.3) is 0 Å². The Balaban J connectivity index is 1.53. The van der Waals surface area contributed by atoms with Gasteiger partial charge in [0.05, 0.1) is 12.1 Å². The summed E-state index contributed by atoms with van der Waals surface area (Å²) in [6, 6.07) is 5.24. The predicted octanol–water partition coefficient (Wildman–Crippen LogP) is 0.841. The van der Waals surface area contributed by atoms with Crippen molar-refractivity contribution in [2.45, 2.75) is 6.92 Å². The third-order valence-electron chi connectivity index (χ3n) is 4.36. The van der Waals surface area contributed by atoms with Gasteiger partial charge in [-0.1, -0.05) is 5.16 Å². The highest BCUT2D eigenvalue weighted by atomic mass is 16.5. The number of pyridine rings is 1. The molecule has 9 heteroatoms. The molecule has 0 unspecified atom stereocenters. The van der Waals surface area contributed by atoms with E-state index in [9.17, 15) is 9.59 Å². The fourth-order valence-electron chi connectivity index (χ4n) is 3.01. The van der Waals surface area contributed by atoms with Crippen LogP contribution in [0.2, 0.25) is 0 Å². The van der Waals surface area contributed by atoms with Crippen LogP contribution in [0.3, 0.4) is 0 Å². The van der Waals surface area contributed by atoms with E-state index in [1.54, 1.807) is 36.2 Å². The summed E-state index contributed by atoms with van der Waals surface area (Å²) in [5, 5.41) is 6.46. The summed E-state index contributed by atoms with van der Waals surface area (Å²) in [5.74, 6) is 1.54. The van der Waals surface area contributed by atoms with Gasteiger partial charge in [-0.15, -0.1) is 0 Å². The first kappa shape index (κ1) is 18.8. The molecule has 3 rings (SSSR count). The second kappa shape index (κ2) is 8.17. The molecule has 1 saturated heterocycles. The number of hydrogen-bond donors (Lipinski definition) is 1. The molecule has 0 atom stereocenters. The highest BCUT2D eigenvalue weighted by Gasteiger charge is 2.25. The van der Waals surface area contributed by atoms with Gasteiger partial charge < -0.3 is 19.6 Å². The number of carbonyl (C=O) groups is 2. The predicted molar refractivity (Wildman–Crippen MR) is 101 cm³/mol. The van der Waals surface area contributed by atoms with Crippen molar-refractivity contribution in [3.8, 4) is 0 Å². The molecule has 0 radical (unpaired) electrons. The number of carbonyl (C=O) groups excluding carboxylic acids is 2. The number of nitrogens with one attached hydrogen (secondary N) is 1. The zero-order valence-corrected chi connectivity index (χ0v) is 15.8. The molecule has 0 spiro atoms. The number of nitrogens with zero attached hydrogens (tertiary/aromatic N) is 5. The third kappa shape index (κ3) is 4.62. The van der Waals surface area contributed by atoms with Crippen LogP contribution < -0.4 is 10.2 Å². The van der Waals surface area contributed by atoms with E-state index in [0.29, 0.717) is 49.1 Å². The standard InChI is InChI=1S/C18H24N6O3/c1-13-11-15(21-27-13)20-16(25)12-23-7-9-24(10-8-23)18(26)14-5-4-6-19-17(14)22(2)3/h4-6,11H,7-10,12H2,1-3H3,(H,20,21,25). The Hall–Kier alpha value is -2.94. The molecule has 1 fully saturated rings. The molecule has 27 heavy (non-hydrogen) atoms. The van der Waals surface area contributed by atoms with E-state index in [1.165, 1.54) is 0 Å². The van der Waals surface area contributed by atoms with E-state index in [2.05, 4.69) is 15.5 Å². The fraction of sp³-hybridized carbons (Fsp3) is 0.444. The van der Waals surface area contributed by atoms with E-state index in [-0.39, 0.29) is 18.4 Å². The number of piperazine rings is 1. The Morgan fingerprint density at radius 2 is 2.00 bits per heavy atom. The lowest BCUT2D eigenvalue weighted by Gasteiger charge is -2.34. The molecule has 9 nitrogen and oxygen atoms in total. The van der Waals surface area contributed by atoms with Gasteiger partial charge in [-0.3, -0.25) is 14.5 Å². The summed E-state index contributed by atoms with van der Waals surface area (Å²) in [7, 11) is 3.73. The lowest BCUT2D eigenvalue weighted by molar-refractivity contribution is -0.117. The van der Waals surface area contributed by atoms with E-state index >= 15 is 0 Å². The molecular formula is C18H24N6O3. The molecule has 2 amide bonds. The van der Waals surface area contributed by atoms with Crippen molar-refractivity contribution < 1.29 is 14.1 Å². The first-order valence-corrected chi connectivity index (χ1v) is 8.81. The normalized spacial score (nSPS) is 14.9. The van der Waals surface area contributed by atoms with Crippen molar-refractivity contribution in [3.05, 3.63) is 35.7 Å². The molecule has 2 aromatic rings. The van der Waals surface area contributed by atoms with Gasteiger partial charge in [-0.25, -0.2) is 4.98 Å². The van der Waals surface area contributed by atoms with Crippen LogP contribution in [0.1, 0.15) is 16.1 Å². The average Bonchev–Trinajstić information content (AvgIpc) is 3.06. The van der Waals surface area contributed by atoms with E-state index < -0.39 is 0 Å². The Kier molecular flexibility index (Phi) is 5.70. The molecular weight excluding hydrogens is 348 g/mol. The van der Waals surface area contributed by atoms with Gasteiger partial charge >= 0.3 is 0 Å². The molecule has 144 valence electrons. The summed E-state index contributed by atoms with van der Waals surface area (Å²) < 4.78 is 4.93. The molecule has 1 aliphatic heterocycles. The fourth-order valence-corrected chi connectivity index (χ4v) is 3.01. The summed E-state index contributed by atoms with van der Waals surface area (Å²) in [6.45, 7) is 4.42. The zero-order chi connectivity index (χ0) is 19.4. The molecule has 0 aromatic carbocycles. The van der Waals surface area contributed by atoms with Crippen molar-refractivity contribution in [2.24, 2.45) is 0 Å². The maximum absolute atomic E-state index is 12.8. The zero-order valence-electron chi connectivity index (χ0n) is 15.8. The van der Waals surface area contributed by atoms with Gasteiger partial charge in [0.2, 0.25) is 5.91 Å². The van der Waals surface area contributed by atoms with Gasteiger partial charge in [0.1, 0.15) is 11.6 Å². The van der Waals surface area contributed by atoms with Crippen LogP contribution in [0.5, 0.6) is 0 Å². The van der Waals surface area contributed by atoms with E-state index in [0.717, 1.165) is 0 Å². The summed E-state index contributed by atoms with van der Waals surface area (Å²) in [6.07, 6.45) is 1.68. The summed E-state index contributed by atoms with van der Waals surface area (Å²) in [4.78, 5) is 34.9. The second-order valence-corrected chi connectivity index (χ2v) is 6.71. The molecule has 0 saturated carbocycles. The Morgan fingerprint density at radius 3 is 2.63 bits per heavy atom. The Labute approximate surface area is 157 Å². The average molecular weight is 372 g/mol. The lowest BCUT2D eigenvalue weighted by atomic mass is 10.2. The molecule has 1 aliphatic rings. The van der Waals surface area contributed by atoms with Crippen LogP contribution in [0.4, 0.5) is 11.6 Å². The highest BCUT2D eigenvalue weighted by Crippen LogP contribution is 2.18. The second-order valence-electron chi connectivity index (χ2n) is 6.71. The van der Waals surface area contributed by atoms with Crippen molar-refractivity contribution in [3.63, 3.8) is 0 Å². The van der Waals surface area contributed by atoms with Crippen molar-refractivity contribution in [2.75, 3.05) is 57.0 Å². The van der Waals surface area contributed by atoms with Crippen molar-refractivity contribution in [1.82, 2.24) is 19.9 Å². The van der Waals surface area contributed by atoms with Crippen molar-refractivity contribution >= 4 is 23.5 Å². The maximum atomic E-state index is 12.8. The number of anilines is 2. The molecule has 3 heterocycles. The monoisotopic (exact) mass is 372 g/mol. The maximum Gasteiger partial charge on any atom is 0.257 e. The van der Waals surface area contributed by atoms with Gasteiger partial charge in [0.15, 0.2) is 5.82 Å². The highest BCUT2D eigenvalue weighted by molar-refractivity contribution is 5.99. The molecule has 0 bridgehead atoms. The first-order chi connectivity index (χ1) is 12.9. The summed E-state index contributed by atoms with van der Waals surface area (Å²) in [5.41, 5.74) is 0.593. The van der Waals surface area contributed by atoms with E-state index in [1.807, 2.05) is 23.9 Å². The Bertz CT molecular complexity index is 811. The third-order valence-corrected chi connectivity index (χ3v) is 4.36. The Morgan fingerprint density at radius 1 is 1.26 bits per heavy atom. The van der Waals surface area contributed by atoms with Gasteiger partial charge in [-0.05, 0) is 19.1 Å². The van der Waals surface area contributed by atoms with Crippen LogP contribution in [0.15, 0.2) is 28.9 Å². The number of hydrogen-bond acceptors (Lipinski definition) is 7. The minimum absolute atomic E-state index is 0.0334. The largest absolute Gasteiger partial charge is 0.362 e. The molecule has 2 aromatic heterocycles. The van der Waals surface area contributed by atoms with Gasteiger partial charge in [0, 0.05) is 52.5 Å². The van der Waals surface area contributed by atoms with E-state index in [4.69, 9.17) is 4.52 Å². The SMILES string of the molecule is Cc1cc(NC(=O)CN2CCN(C(=O)c3cccnc3N(C)C)CC2)no1.